The van der Waals surface area contributed by atoms with Gasteiger partial charge in [0.2, 0.25) is 0 Å². The van der Waals surface area contributed by atoms with Crippen LogP contribution in [0.1, 0.15) is 17.5 Å². The first kappa shape index (κ1) is 21.0. The zero-order valence-electron chi connectivity index (χ0n) is 14.2. The van der Waals surface area contributed by atoms with Crippen molar-refractivity contribution in [3.63, 3.8) is 0 Å². The van der Waals surface area contributed by atoms with Crippen LogP contribution in [0.25, 0.3) is 0 Å². The Morgan fingerprint density at radius 2 is 2.04 bits per heavy atom. The van der Waals surface area contributed by atoms with Crippen molar-refractivity contribution in [1.29, 1.82) is 0 Å². The molecule has 0 bridgehead atoms. The number of ether oxygens (including phenoxy) is 1. The number of guanidine groups is 1. The molecule has 1 heterocycles. The van der Waals surface area contributed by atoms with E-state index in [4.69, 9.17) is 4.74 Å². The zero-order chi connectivity index (χ0) is 16.7. The highest BCUT2D eigenvalue weighted by Crippen LogP contribution is 2.25. The maximum Gasteiger partial charge on any atom is 0.190 e. The maximum absolute atomic E-state index is 11.1. The van der Waals surface area contributed by atoms with E-state index in [0.717, 1.165) is 31.7 Å². The lowest BCUT2D eigenvalue weighted by atomic mass is 10.1. The summed E-state index contributed by atoms with van der Waals surface area (Å²) < 4.78 is 27.6. The molecule has 0 fully saturated rings. The Morgan fingerprint density at radius 3 is 2.75 bits per heavy atom. The molecule has 2 N–H and O–H groups in total. The molecule has 6 nitrogen and oxygen atoms in total. The van der Waals surface area contributed by atoms with Crippen LogP contribution in [0.2, 0.25) is 0 Å². The monoisotopic (exact) mass is 467 g/mol. The summed E-state index contributed by atoms with van der Waals surface area (Å²) in [4.78, 5) is 4.14. The number of fused-ring (bicyclic) bond motifs is 1. The quantitative estimate of drug-likeness (QED) is 0.274. The second kappa shape index (κ2) is 10.1. The van der Waals surface area contributed by atoms with Gasteiger partial charge in [0, 0.05) is 32.8 Å². The average molecular weight is 467 g/mol. The Hall–Kier alpha value is -1.03. The standard InChI is InChI=1S/C16H25N3O3S.HI/c1-17-16(18-8-3-11-23(2,20)21)19-9-6-13-4-5-15-14(12-13)7-10-22-15;/h4-5,12H,3,6-11H2,1-2H3,(H2,17,18,19);1H. The summed E-state index contributed by atoms with van der Waals surface area (Å²) >= 11 is 0. The summed E-state index contributed by atoms with van der Waals surface area (Å²) in [6, 6.07) is 6.33. The van der Waals surface area contributed by atoms with Crippen molar-refractivity contribution in [2.75, 3.05) is 38.8 Å². The number of nitrogens with zero attached hydrogens (tertiary/aromatic N) is 1. The highest BCUT2D eigenvalue weighted by Gasteiger charge is 2.11. The Balaban J connectivity index is 0.00000288. The van der Waals surface area contributed by atoms with Crippen LogP contribution in [0.4, 0.5) is 0 Å². The van der Waals surface area contributed by atoms with Crippen LogP contribution in [0.15, 0.2) is 23.2 Å². The lowest BCUT2D eigenvalue weighted by Crippen LogP contribution is -2.39. The number of rotatable bonds is 7. The predicted octanol–water partition coefficient (Wildman–Crippen LogP) is 1.38. The Kier molecular flexibility index (Phi) is 8.82. The van der Waals surface area contributed by atoms with E-state index in [1.165, 1.54) is 17.4 Å². The van der Waals surface area contributed by atoms with Crippen molar-refractivity contribution in [3.05, 3.63) is 29.3 Å². The molecule has 0 saturated carbocycles. The fourth-order valence-electron chi connectivity index (χ4n) is 2.48. The SMILES string of the molecule is CN=C(NCCCS(C)(=O)=O)NCCc1ccc2c(c1)CCO2.I. The van der Waals surface area contributed by atoms with Crippen molar-refractivity contribution >= 4 is 39.8 Å². The van der Waals surface area contributed by atoms with Crippen molar-refractivity contribution in [3.8, 4) is 5.75 Å². The summed E-state index contributed by atoms with van der Waals surface area (Å²) in [5.41, 5.74) is 2.56. The van der Waals surface area contributed by atoms with Gasteiger partial charge in [-0.15, -0.1) is 24.0 Å². The molecular weight excluding hydrogens is 441 g/mol. The minimum absolute atomic E-state index is 0. The molecule has 8 heteroatoms. The third-order valence-corrected chi connectivity index (χ3v) is 4.70. The van der Waals surface area contributed by atoms with Gasteiger partial charge in [-0.1, -0.05) is 12.1 Å². The molecule has 1 aromatic carbocycles. The Bertz CT molecular complexity index is 663. The molecule has 0 unspecified atom stereocenters. The van der Waals surface area contributed by atoms with Crippen molar-refractivity contribution in [2.24, 2.45) is 4.99 Å². The predicted molar refractivity (Wildman–Crippen MR) is 108 cm³/mol. The van der Waals surface area contributed by atoms with E-state index in [-0.39, 0.29) is 29.7 Å². The molecule has 0 spiro atoms. The second-order valence-corrected chi connectivity index (χ2v) is 7.96. The molecule has 0 saturated heterocycles. The number of hydrogen-bond donors (Lipinski definition) is 2. The zero-order valence-corrected chi connectivity index (χ0v) is 17.3. The van der Waals surface area contributed by atoms with Crippen LogP contribution in [-0.4, -0.2) is 53.1 Å². The van der Waals surface area contributed by atoms with Gasteiger partial charge in [-0.3, -0.25) is 4.99 Å². The van der Waals surface area contributed by atoms with Gasteiger partial charge in [-0.2, -0.15) is 0 Å². The highest BCUT2D eigenvalue weighted by atomic mass is 127. The van der Waals surface area contributed by atoms with Crippen LogP contribution < -0.4 is 15.4 Å². The van der Waals surface area contributed by atoms with Gasteiger partial charge < -0.3 is 15.4 Å². The molecule has 1 aliphatic rings. The molecule has 0 amide bonds. The average Bonchev–Trinajstić information content (AvgIpc) is 2.96. The molecule has 136 valence electrons. The van der Waals surface area contributed by atoms with Crippen molar-refractivity contribution < 1.29 is 13.2 Å². The van der Waals surface area contributed by atoms with Gasteiger partial charge in [-0.25, -0.2) is 8.42 Å². The molecular formula is C16H26IN3O3S. The summed E-state index contributed by atoms with van der Waals surface area (Å²) in [6.45, 7) is 2.13. The van der Waals surface area contributed by atoms with E-state index in [1.54, 1.807) is 7.05 Å². The number of aliphatic imine (C=N–C) groups is 1. The van der Waals surface area contributed by atoms with Crippen molar-refractivity contribution in [1.82, 2.24) is 10.6 Å². The molecule has 24 heavy (non-hydrogen) atoms. The van der Waals surface area contributed by atoms with Crippen LogP contribution in [0.3, 0.4) is 0 Å². The number of nitrogens with one attached hydrogen (secondary N) is 2. The van der Waals surface area contributed by atoms with Crippen LogP contribution >= 0.6 is 24.0 Å². The van der Waals surface area contributed by atoms with Gasteiger partial charge in [0.25, 0.3) is 0 Å². The van der Waals surface area contributed by atoms with Crippen molar-refractivity contribution in [2.45, 2.75) is 19.3 Å². The van der Waals surface area contributed by atoms with E-state index in [1.807, 2.05) is 6.07 Å². The van der Waals surface area contributed by atoms with Crippen LogP contribution in [0.5, 0.6) is 5.75 Å². The van der Waals surface area contributed by atoms with Crippen LogP contribution in [-0.2, 0) is 22.7 Å². The number of halogens is 1. The smallest absolute Gasteiger partial charge is 0.190 e. The Labute approximate surface area is 161 Å². The van der Waals surface area contributed by atoms with Crippen LogP contribution in [0, 0.1) is 0 Å². The van der Waals surface area contributed by atoms with E-state index in [2.05, 4.69) is 27.8 Å². The number of benzene rings is 1. The van der Waals surface area contributed by atoms with Gasteiger partial charge in [-0.05, 0) is 30.0 Å². The lowest BCUT2D eigenvalue weighted by molar-refractivity contribution is 0.357. The largest absolute Gasteiger partial charge is 0.493 e. The first-order valence-electron chi connectivity index (χ1n) is 7.85. The topological polar surface area (TPSA) is 79.8 Å². The maximum atomic E-state index is 11.1. The molecule has 0 radical (unpaired) electrons. The van der Waals surface area contributed by atoms with E-state index < -0.39 is 9.84 Å². The minimum Gasteiger partial charge on any atom is -0.493 e. The molecule has 0 aliphatic carbocycles. The fourth-order valence-corrected chi connectivity index (χ4v) is 3.15. The Morgan fingerprint density at radius 1 is 1.29 bits per heavy atom. The molecule has 1 aliphatic heterocycles. The second-order valence-electron chi connectivity index (χ2n) is 5.70. The van der Waals surface area contributed by atoms with Gasteiger partial charge in [0.1, 0.15) is 15.6 Å². The third-order valence-electron chi connectivity index (χ3n) is 3.67. The van der Waals surface area contributed by atoms with Gasteiger partial charge in [0.15, 0.2) is 5.96 Å². The summed E-state index contributed by atoms with van der Waals surface area (Å²) in [6.07, 6.45) is 3.71. The fraction of sp³-hybridized carbons (Fsp3) is 0.562. The third kappa shape index (κ3) is 7.25. The lowest BCUT2D eigenvalue weighted by Gasteiger charge is -2.12. The summed E-state index contributed by atoms with van der Waals surface area (Å²) in [7, 11) is -1.19. The van der Waals surface area contributed by atoms with E-state index in [9.17, 15) is 8.42 Å². The first-order chi connectivity index (χ1) is 11.0. The molecule has 0 aromatic heterocycles. The summed E-state index contributed by atoms with van der Waals surface area (Å²) in [5.74, 6) is 1.89. The number of sulfone groups is 1. The van der Waals surface area contributed by atoms with Gasteiger partial charge in [0.05, 0.1) is 12.4 Å². The first-order valence-corrected chi connectivity index (χ1v) is 9.91. The van der Waals surface area contributed by atoms with E-state index in [0.29, 0.717) is 18.9 Å². The molecule has 0 atom stereocenters. The van der Waals surface area contributed by atoms with Gasteiger partial charge >= 0.3 is 0 Å². The molecule has 1 aromatic rings. The normalized spacial score (nSPS) is 13.7. The number of hydrogen-bond acceptors (Lipinski definition) is 4. The highest BCUT2D eigenvalue weighted by molar-refractivity contribution is 14.0. The minimum atomic E-state index is -2.90. The summed E-state index contributed by atoms with van der Waals surface area (Å²) in [5, 5.41) is 6.37. The van der Waals surface area contributed by atoms with E-state index >= 15 is 0 Å². The molecule has 2 rings (SSSR count).